The number of nitrogens with zero attached hydrogens (tertiary/aromatic N) is 8. The molecule has 1 aromatic heterocycles. The molecule has 64 heavy (non-hydrogen) atoms. The number of piperidine rings is 2. The maximum Gasteiger partial charge on any atom is 0.320 e. The molecule has 5 N–H and O–H groups in total. The van der Waals surface area contributed by atoms with E-state index in [1.54, 1.807) is 23.2 Å². The zero-order valence-corrected chi connectivity index (χ0v) is 36.2. The Kier molecular flexibility index (Phi) is 13.2. The number of rotatable bonds is 16. The van der Waals surface area contributed by atoms with Crippen LogP contribution in [0.4, 0.5) is 27.8 Å². The number of carbonyl (C=O) groups is 6. The fourth-order valence-electron chi connectivity index (χ4n) is 9.00. The molecule has 2 atom stereocenters. The molecule has 0 spiro atoms. The van der Waals surface area contributed by atoms with Gasteiger partial charge in [0.2, 0.25) is 11.8 Å². The van der Waals surface area contributed by atoms with E-state index < -0.39 is 23.8 Å². The Balaban J connectivity index is 0.720. The highest BCUT2D eigenvalue weighted by atomic mass is 16.5. The fraction of sp³-hybridized carbons (Fsp3) is 0.467. The molecule has 0 radical (unpaired) electrons. The van der Waals surface area contributed by atoms with Crippen molar-refractivity contribution in [1.82, 2.24) is 40.2 Å². The molecule has 3 aromatic rings. The van der Waals surface area contributed by atoms with Crippen LogP contribution in [0.3, 0.4) is 0 Å². The van der Waals surface area contributed by atoms with Gasteiger partial charge in [-0.1, -0.05) is 6.58 Å². The summed E-state index contributed by atoms with van der Waals surface area (Å²) < 4.78 is 5.91. The van der Waals surface area contributed by atoms with Gasteiger partial charge in [0.05, 0.1) is 30.0 Å². The van der Waals surface area contributed by atoms with Crippen molar-refractivity contribution >= 4 is 58.6 Å². The van der Waals surface area contributed by atoms with Crippen LogP contribution in [-0.4, -0.2) is 156 Å². The van der Waals surface area contributed by atoms with Crippen molar-refractivity contribution in [3.63, 3.8) is 0 Å². The zero-order chi connectivity index (χ0) is 44.9. The number of ether oxygens (including phenoxy) is 1. The number of allylic oxidation sites excluding steroid dienone is 1. The van der Waals surface area contributed by atoms with E-state index in [9.17, 15) is 28.8 Å². The van der Waals surface area contributed by atoms with Gasteiger partial charge < -0.3 is 46.0 Å². The summed E-state index contributed by atoms with van der Waals surface area (Å²) in [6.45, 7) is 11.4. The third kappa shape index (κ3) is 9.73. The maximum absolute atomic E-state index is 13.3. The summed E-state index contributed by atoms with van der Waals surface area (Å²) in [6.07, 6.45) is 6.02. The van der Waals surface area contributed by atoms with Gasteiger partial charge in [0.1, 0.15) is 17.6 Å². The number of piperazine rings is 1. The van der Waals surface area contributed by atoms with Crippen molar-refractivity contribution < 1.29 is 33.5 Å². The highest BCUT2D eigenvalue weighted by molar-refractivity contribution is 6.23. The normalized spacial score (nSPS) is 20.5. The SMILES string of the molecule is C=C1CCC(N2C(=O)c3ccc(N4CCN(CCCC(=O)NCCCOc5ccc(Nc6nc(N7CCC[C@@H](N8CCN(C)C8=O)C7)cnc6C(N)=O)cc5)CC4)cc3C2=O)C(=O)N1. The van der Waals surface area contributed by atoms with Gasteiger partial charge in [0.25, 0.3) is 17.7 Å². The second kappa shape index (κ2) is 19.3. The van der Waals surface area contributed by atoms with Crippen molar-refractivity contribution in [2.75, 3.05) is 94.2 Å². The molecule has 19 nitrogen and oxygen atoms in total. The fourth-order valence-corrected chi connectivity index (χ4v) is 9.00. The largest absolute Gasteiger partial charge is 0.494 e. The molecule has 4 saturated heterocycles. The Morgan fingerprint density at radius 1 is 0.922 bits per heavy atom. The smallest absolute Gasteiger partial charge is 0.320 e. The number of nitrogens with two attached hydrogens (primary N) is 1. The lowest BCUT2D eigenvalue weighted by atomic mass is 10.0. The van der Waals surface area contributed by atoms with E-state index in [2.05, 4.69) is 42.2 Å². The summed E-state index contributed by atoms with van der Waals surface area (Å²) in [5.41, 5.74) is 8.44. The van der Waals surface area contributed by atoms with E-state index in [4.69, 9.17) is 15.5 Å². The van der Waals surface area contributed by atoms with Crippen LogP contribution in [0.2, 0.25) is 0 Å². The molecular formula is C45H56N12O7. The molecule has 5 aliphatic rings. The first-order valence-electron chi connectivity index (χ1n) is 22.1. The molecule has 6 heterocycles. The van der Waals surface area contributed by atoms with Gasteiger partial charge in [-0.15, -0.1) is 0 Å². The first-order valence-corrected chi connectivity index (χ1v) is 22.1. The van der Waals surface area contributed by atoms with Crippen LogP contribution in [-0.2, 0) is 9.59 Å². The minimum atomic E-state index is -0.839. The van der Waals surface area contributed by atoms with Crippen LogP contribution in [0.5, 0.6) is 5.75 Å². The summed E-state index contributed by atoms with van der Waals surface area (Å²) in [7, 11) is 1.82. The number of imide groups is 1. The number of hydrogen-bond acceptors (Lipinski definition) is 13. The highest BCUT2D eigenvalue weighted by Crippen LogP contribution is 2.32. The van der Waals surface area contributed by atoms with E-state index in [0.29, 0.717) is 92.5 Å². The Morgan fingerprint density at radius 3 is 2.44 bits per heavy atom. The zero-order valence-electron chi connectivity index (χ0n) is 36.2. The summed E-state index contributed by atoms with van der Waals surface area (Å²) in [5.74, 6) is -0.470. The predicted octanol–water partition coefficient (Wildman–Crippen LogP) is 2.53. The monoisotopic (exact) mass is 876 g/mol. The number of benzene rings is 2. The minimum absolute atomic E-state index is 0.00627. The quantitative estimate of drug-likeness (QED) is 0.120. The average Bonchev–Trinajstić information content (AvgIpc) is 3.76. The lowest BCUT2D eigenvalue weighted by molar-refractivity contribution is -0.125. The number of carbonyl (C=O) groups excluding carboxylic acids is 6. The number of aromatic nitrogens is 2. The number of likely N-dealkylation sites (N-methyl/N-ethyl adjacent to an activating group) is 1. The Morgan fingerprint density at radius 2 is 1.70 bits per heavy atom. The third-order valence-electron chi connectivity index (χ3n) is 12.6. The number of nitrogens with one attached hydrogen (secondary N) is 3. The molecule has 0 aliphatic carbocycles. The first-order chi connectivity index (χ1) is 30.9. The number of amides is 7. The predicted molar refractivity (Wildman–Crippen MR) is 238 cm³/mol. The van der Waals surface area contributed by atoms with Crippen molar-refractivity contribution in [1.29, 1.82) is 0 Å². The third-order valence-corrected chi connectivity index (χ3v) is 12.6. The first kappa shape index (κ1) is 43.9. The second-order valence-electron chi connectivity index (χ2n) is 16.9. The van der Waals surface area contributed by atoms with E-state index in [1.165, 1.54) is 0 Å². The molecule has 19 heteroatoms. The summed E-state index contributed by atoms with van der Waals surface area (Å²) in [6, 6.07) is 11.8. The topological polar surface area (TPSA) is 219 Å². The minimum Gasteiger partial charge on any atom is -0.494 e. The van der Waals surface area contributed by atoms with E-state index in [-0.39, 0.29) is 35.4 Å². The van der Waals surface area contributed by atoms with Gasteiger partial charge in [0, 0.05) is 89.4 Å². The van der Waals surface area contributed by atoms with Crippen LogP contribution < -0.4 is 36.2 Å². The maximum atomic E-state index is 13.3. The molecule has 4 fully saturated rings. The van der Waals surface area contributed by atoms with Crippen LogP contribution >= 0.6 is 0 Å². The van der Waals surface area contributed by atoms with Gasteiger partial charge in [-0.2, -0.15) is 0 Å². The van der Waals surface area contributed by atoms with Gasteiger partial charge in [-0.3, -0.25) is 33.8 Å². The standard InChI is InChI=1S/C45H56N12O7/c1-29-8-15-36(42(60)49-29)57-43(61)34-14-11-31(26-35(34)44(57)62)54-22-20-53(21-23-54)17-4-7-38(58)47-16-5-25-64-33-12-9-30(10-13-33)50-41-39(40(46)59)48-27-37(51-41)55-18-3-6-32(28-55)56-24-19-52(2)45(56)63/h9-14,26-27,32,36H,1,3-8,15-25,28H2,2H3,(H2,46,59)(H,47,58)(H,49,60)(H,50,51)/t32-,36?/m1/s1. The Bertz CT molecular complexity index is 2300. The summed E-state index contributed by atoms with van der Waals surface area (Å²) in [4.78, 5) is 96.9. The molecule has 1 unspecified atom stereocenters. The molecule has 0 bridgehead atoms. The highest BCUT2D eigenvalue weighted by Gasteiger charge is 2.44. The number of urea groups is 1. The number of hydrogen-bond donors (Lipinski definition) is 4. The van der Waals surface area contributed by atoms with Gasteiger partial charge in [-0.25, -0.2) is 14.8 Å². The van der Waals surface area contributed by atoms with Gasteiger partial charge in [-0.05, 0) is 87.5 Å². The van der Waals surface area contributed by atoms with E-state index in [0.717, 1.165) is 69.1 Å². The molecular weight excluding hydrogens is 821 g/mol. The van der Waals surface area contributed by atoms with Crippen molar-refractivity contribution in [3.8, 4) is 5.75 Å². The Hall–Kier alpha value is -6.76. The molecule has 338 valence electrons. The second-order valence-corrected chi connectivity index (χ2v) is 16.9. The van der Waals surface area contributed by atoms with Crippen LogP contribution in [0.1, 0.15) is 76.2 Å². The summed E-state index contributed by atoms with van der Waals surface area (Å²) >= 11 is 0. The number of primary amides is 1. The van der Waals surface area contributed by atoms with Crippen molar-refractivity contribution in [2.24, 2.45) is 5.73 Å². The van der Waals surface area contributed by atoms with Crippen molar-refractivity contribution in [2.45, 2.75) is 57.0 Å². The number of anilines is 4. The number of fused-ring (bicyclic) bond motifs is 1. The lowest BCUT2D eigenvalue weighted by Gasteiger charge is -2.37. The van der Waals surface area contributed by atoms with Crippen molar-refractivity contribution in [3.05, 3.63) is 77.8 Å². The van der Waals surface area contributed by atoms with Gasteiger partial charge in [0.15, 0.2) is 11.5 Å². The molecule has 0 saturated carbocycles. The molecule has 8 rings (SSSR count). The molecule has 2 aromatic carbocycles. The van der Waals surface area contributed by atoms with Gasteiger partial charge >= 0.3 is 6.03 Å². The van der Waals surface area contributed by atoms with E-state index in [1.807, 2.05) is 42.3 Å². The lowest BCUT2D eigenvalue weighted by Crippen LogP contribution is -2.51. The average molecular weight is 877 g/mol. The van der Waals surface area contributed by atoms with Crippen LogP contribution in [0.25, 0.3) is 0 Å². The van der Waals surface area contributed by atoms with Crippen LogP contribution in [0.15, 0.2) is 60.9 Å². The molecule has 7 amide bonds. The summed E-state index contributed by atoms with van der Waals surface area (Å²) in [5, 5.41) is 8.83. The molecule has 5 aliphatic heterocycles. The Labute approximate surface area is 371 Å². The van der Waals surface area contributed by atoms with E-state index >= 15 is 0 Å². The van der Waals surface area contributed by atoms with Crippen LogP contribution in [0, 0.1) is 0 Å².